The maximum atomic E-state index is 12.5. The van der Waals surface area contributed by atoms with Crippen molar-refractivity contribution in [2.24, 2.45) is 5.92 Å². The summed E-state index contributed by atoms with van der Waals surface area (Å²) in [6.07, 6.45) is 2.52. The van der Waals surface area contributed by atoms with E-state index in [1.165, 1.54) is 16.8 Å². The van der Waals surface area contributed by atoms with Crippen molar-refractivity contribution in [2.75, 3.05) is 25.5 Å². The minimum Gasteiger partial charge on any atom is -0.495 e. The van der Waals surface area contributed by atoms with Crippen LogP contribution < -0.4 is 10.1 Å². The van der Waals surface area contributed by atoms with E-state index in [4.69, 9.17) is 16.3 Å². The van der Waals surface area contributed by atoms with Crippen LogP contribution in [0.25, 0.3) is 6.08 Å². The number of anilines is 1. The summed E-state index contributed by atoms with van der Waals surface area (Å²) in [4.78, 5) is 12.5. The summed E-state index contributed by atoms with van der Waals surface area (Å²) in [7, 11) is -1.99. The van der Waals surface area contributed by atoms with E-state index in [0.29, 0.717) is 42.4 Å². The van der Waals surface area contributed by atoms with E-state index in [9.17, 15) is 13.2 Å². The molecular formula is C21H23ClN2O4S. The van der Waals surface area contributed by atoms with Gasteiger partial charge in [-0.1, -0.05) is 41.9 Å². The molecule has 2 aromatic rings. The van der Waals surface area contributed by atoms with Crippen LogP contribution in [0.15, 0.2) is 53.9 Å². The lowest BCUT2D eigenvalue weighted by Crippen LogP contribution is -2.40. The van der Waals surface area contributed by atoms with E-state index in [1.807, 2.05) is 30.3 Å². The Bertz CT molecular complexity index is 985. The molecule has 0 aliphatic carbocycles. The van der Waals surface area contributed by atoms with Crippen molar-refractivity contribution < 1.29 is 17.9 Å². The predicted octanol–water partition coefficient (Wildman–Crippen LogP) is 4.00. The number of benzene rings is 2. The van der Waals surface area contributed by atoms with Gasteiger partial charge in [0, 0.05) is 30.1 Å². The molecule has 1 N–H and O–H groups in total. The molecule has 1 saturated heterocycles. The van der Waals surface area contributed by atoms with Crippen LogP contribution in [0.2, 0.25) is 5.02 Å². The molecule has 0 unspecified atom stereocenters. The first-order chi connectivity index (χ1) is 13.9. The van der Waals surface area contributed by atoms with Crippen LogP contribution in [0.3, 0.4) is 0 Å². The third-order valence-corrected chi connectivity index (χ3v) is 6.70. The van der Waals surface area contributed by atoms with Gasteiger partial charge in [0.1, 0.15) is 5.75 Å². The molecule has 1 aliphatic rings. The minimum absolute atomic E-state index is 0.136. The van der Waals surface area contributed by atoms with Gasteiger partial charge in [-0.15, -0.1) is 0 Å². The van der Waals surface area contributed by atoms with Crippen LogP contribution in [0, 0.1) is 5.92 Å². The highest BCUT2D eigenvalue weighted by Crippen LogP contribution is 2.28. The van der Waals surface area contributed by atoms with Gasteiger partial charge in [-0.2, -0.15) is 4.31 Å². The van der Waals surface area contributed by atoms with E-state index >= 15 is 0 Å². The van der Waals surface area contributed by atoms with E-state index in [0.717, 1.165) is 5.56 Å². The first-order valence-corrected chi connectivity index (χ1v) is 11.1. The summed E-state index contributed by atoms with van der Waals surface area (Å²) in [5.41, 5.74) is 1.41. The number of sulfonamides is 1. The molecule has 0 radical (unpaired) electrons. The number of nitrogens with one attached hydrogen (secondary N) is 1. The Morgan fingerprint density at radius 1 is 1.17 bits per heavy atom. The fourth-order valence-corrected chi connectivity index (χ4v) is 4.65. The molecule has 1 heterocycles. The first-order valence-electron chi connectivity index (χ1n) is 9.27. The smallest absolute Gasteiger partial charge is 0.236 e. The van der Waals surface area contributed by atoms with Gasteiger partial charge < -0.3 is 10.1 Å². The standard InChI is InChI=1S/C21H23ClN2O4S/c1-28-20-8-7-18(15-19(20)22)23-21(25)17-9-12-24(13-10-17)29(26,27)14-11-16-5-3-2-4-6-16/h2-8,11,14-15,17H,9-10,12-13H2,1H3,(H,23,25)/b14-11+. The summed E-state index contributed by atoms with van der Waals surface area (Å²) < 4.78 is 31.6. The number of hydrogen-bond acceptors (Lipinski definition) is 4. The number of carbonyl (C=O) groups excluding carboxylic acids is 1. The number of amides is 1. The summed E-state index contributed by atoms with van der Waals surface area (Å²) in [6, 6.07) is 14.3. The monoisotopic (exact) mass is 434 g/mol. The van der Waals surface area contributed by atoms with Crippen LogP contribution >= 0.6 is 11.6 Å². The van der Waals surface area contributed by atoms with Crippen molar-refractivity contribution in [1.82, 2.24) is 4.31 Å². The maximum Gasteiger partial charge on any atom is 0.236 e. The molecule has 1 amide bonds. The van der Waals surface area contributed by atoms with Crippen LogP contribution in [0.5, 0.6) is 5.75 Å². The van der Waals surface area contributed by atoms with Crippen LogP contribution in [0.4, 0.5) is 5.69 Å². The molecule has 0 saturated carbocycles. The molecule has 6 nitrogen and oxygen atoms in total. The quantitative estimate of drug-likeness (QED) is 0.745. The number of nitrogens with zero attached hydrogens (tertiary/aromatic N) is 1. The Morgan fingerprint density at radius 3 is 2.48 bits per heavy atom. The SMILES string of the molecule is COc1ccc(NC(=O)C2CCN(S(=O)(=O)/C=C/c3ccccc3)CC2)cc1Cl. The van der Waals surface area contributed by atoms with Crippen LogP contribution in [-0.2, 0) is 14.8 Å². The van der Waals surface area contributed by atoms with Crippen molar-refractivity contribution in [3.05, 3.63) is 64.5 Å². The largest absolute Gasteiger partial charge is 0.495 e. The second-order valence-corrected chi connectivity index (χ2v) is 9.00. The number of halogens is 1. The zero-order chi connectivity index (χ0) is 20.9. The first kappa shape index (κ1) is 21.4. The summed E-state index contributed by atoms with van der Waals surface area (Å²) >= 11 is 6.09. The van der Waals surface area contributed by atoms with Gasteiger partial charge in [0.25, 0.3) is 0 Å². The summed E-state index contributed by atoms with van der Waals surface area (Å²) in [6.45, 7) is 0.617. The van der Waals surface area contributed by atoms with Gasteiger partial charge >= 0.3 is 0 Å². The predicted molar refractivity (Wildman–Crippen MR) is 115 cm³/mol. The molecule has 3 rings (SSSR count). The van der Waals surface area contributed by atoms with Crippen LogP contribution in [-0.4, -0.2) is 38.8 Å². The average molecular weight is 435 g/mol. The number of carbonyl (C=O) groups is 1. The molecular weight excluding hydrogens is 412 g/mol. The zero-order valence-electron chi connectivity index (χ0n) is 16.0. The van der Waals surface area contributed by atoms with Gasteiger partial charge in [0.15, 0.2) is 0 Å². The lowest BCUT2D eigenvalue weighted by Gasteiger charge is -2.29. The number of piperidine rings is 1. The Labute approximate surface area is 176 Å². The molecule has 1 fully saturated rings. The third-order valence-electron chi connectivity index (χ3n) is 4.84. The average Bonchev–Trinajstić information content (AvgIpc) is 2.73. The molecule has 0 atom stereocenters. The highest BCUT2D eigenvalue weighted by Gasteiger charge is 2.30. The number of ether oxygens (including phenoxy) is 1. The van der Waals surface area contributed by atoms with Gasteiger partial charge in [-0.05, 0) is 42.7 Å². The Kier molecular flexibility index (Phi) is 6.95. The summed E-state index contributed by atoms with van der Waals surface area (Å²) in [5.74, 6) is 0.148. The van der Waals surface area contributed by atoms with Crippen molar-refractivity contribution in [1.29, 1.82) is 0 Å². The third kappa shape index (κ3) is 5.59. The van der Waals surface area contributed by atoms with E-state index in [-0.39, 0.29) is 11.8 Å². The Balaban J connectivity index is 1.56. The van der Waals surface area contributed by atoms with Crippen LogP contribution in [0.1, 0.15) is 18.4 Å². The fraction of sp³-hybridized carbons (Fsp3) is 0.286. The van der Waals surface area contributed by atoms with Gasteiger partial charge in [-0.3, -0.25) is 4.79 Å². The molecule has 29 heavy (non-hydrogen) atoms. The molecule has 0 bridgehead atoms. The van der Waals surface area contributed by atoms with Crippen molar-refractivity contribution in [3.63, 3.8) is 0 Å². The molecule has 0 spiro atoms. The highest BCUT2D eigenvalue weighted by molar-refractivity contribution is 7.92. The van der Waals surface area contributed by atoms with Gasteiger partial charge in [0.05, 0.1) is 12.1 Å². The molecule has 8 heteroatoms. The Morgan fingerprint density at radius 2 is 1.86 bits per heavy atom. The number of methoxy groups -OCH3 is 1. The normalized spacial score (nSPS) is 16.1. The molecule has 0 aromatic heterocycles. The van der Waals surface area contributed by atoms with E-state index in [1.54, 1.807) is 24.3 Å². The van der Waals surface area contributed by atoms with Crippen molar-refractivity contribution in [3.8, 4) is 5.75 Å². The minimum atomic E-state index is -3.51. The van der Waals surface area contributed by atoms with E-state index in [2.05, 4.69) is 5.32 Å². The van der Waals surface area contributed by atoms with Crippen molar-refractivity contribution >= 4 is 39.3 Å². The van der Waals surface area contributed by atoms with Gasteiger partial charge in [0.2, 0.25) is 15.9 Å². The lowest BCUT2D eigenvalue weighted by atomic mass is 9.97. The topological polar surface area (TPSA) is 75.7 Å². The van der Waals surface area contributed by atoms with Crippen molar-refractivity contribution in [2.45, 2.75) is 12.8 Å². The highest BCUT2D eigenvalue weighted by atomic mass is 35.5. The fourth-order valence-electron chi connectivity index (χ4n) is 3.18. The second kappa shape index (κ2) is 9.43. The Hall–Kier alpha value is -2.35. The maximum absolute atomic E-state index is 12.5. The molecule has 1 aliphatic heterocycles. The van der Waals surface area contributed by atoms with E-state index < -0.39 is 10.0 Å². The number of rotatable bonds is 6. The molecule has 154 valence electrons. The summed E-state index contributed by atoms with van der Waals surface area (Å²) in [5, 5.41) is 4.48. The van der Waals surface area contributed by atoms with Gasteiger partial charge in [-0.25, -0.2) is 8.42 Å². The lowest BCUT2D eigenvalue weighted by molar-refractivity contribution is -0.120. The number of hydrogen-bond donors (Lipinski definition) is 1. The molecule has 2 aromatic carbocycles. The second-order valence-electron chi connectivity index (χ2n) is 6.77. The zero-order valence-corrected chi connectivity index (χ0v) is 17.6.